The molecule has 28 heavy (non-hydrogen) atoms. The van der Waals surface area contributed by atoms with Gasteiger partial charge in [0.15, 0.2) is 0 Å². The molecule has 3 aromatic rings. The highest BCUT2D eigenvalue weighted by Crippen LogP contribution is 2.30. The Balaban J connectivity index is 1.35. The molecule has 0 aromatic carbocycles. The summed E-state index contributed by atoms with van der Waals surface area (Å²) in [4.78, 5) is 22.7. The fraction of sp³-hybridized carbons (Fsp3) is 0.312. The van der Waals surface area contributed by atoms with E-state index in [-0.39, 0.29) is 29.0 Å². The number of fused-ring (bicyclic) bond motifs is 1. The summed E-state index contributed by atoms with van der Waals surface area (Å²) < 4.78 is 28.3. The lowest BCUT2D eigenvalue weighted by molar-refractivity contribution is -0.129. The van der Waals surface area contributed by atoms with E-state index in [0.717, 1.165) is 26.6 Å². The maximum atomic E-state index is 12.6. The van der Waals surface area contributed by atoms with Crippen molar-refractivity contribution in [2.24, 2.45) is 0 Å². The predicted molar refractivity (Wildman–Crippen MR) is 113 cm³/mol. The van der Waals surface area contributed by atoms with E-state index in [1.54, 1.807) is 22.3 Å². The molecule has 0 radical (unpaired) electrons. The molecule has 7 nitrogen and oxygen atoms in total. The number of thioether (sulfide) groups is 1. The van der Waals surface area contributed by atoms with Crippen LogP contribution in [0.1, 0.15) is 0 Å². The summed E-state index contributed by atoms with van der Waals surface area (Å²) >= 11 is 9.84. The number of nitrogens with zero attached hydrogens (tertiary/aromatic N) is 4. The molecule has 0 spiro atoms. The van der Waals surface area contributed by atoms with Crippen LogP contribution in [0.3, 0.4) is 0 Å². The summed E-state index contributed by atoms with van der Waals surface area (Å²) in [5, 5.41) is 2.75. The van der Waals surface area contributed by atoms with Crippen LogP contribution in [0.5, 0.6) is 0 Å². The van der Waals surface area contributed by atoms with Gasteiger partial charge in [0.2, 0.25) is 5.91 Å². The molecular weight excluding hydrogens is 460 g/mol. The van der Waals surface area contributed by atoms with Crippen LogP contribution in [0.25, 0.3) is 10.2 Å². The van der Waals surface area contributed by atoms with Crippen molar-refractivity contribution in [3.05, 3.63) is 34.2 Å². The van der Waals surface area contributed by atoms with E-state index in [1.807, 2.05) is 11.4 Å². The summed E-state index contributed by atoms with van der Waals surface area (Å²) in [6.07, 6.45) is 1.50. The van der Waals surface area contributed by atoms with Crippen molar-refractivity contribution < 1.29 is 13.2 Å². The minimum absolute atomic E-state index is 0.0236. The molecule has 0 bridgehead atoms. The number of aromatic nitrogens is 2. The zero-order chi connectivity index (χ0) is 19.7. The van der Waals surface area contributed by atoms with Crippen LogP contribution in [0.15, 0.2) is 39.1 Å². The van der Waals surface area contributed by atoms with Gasteiger partial charge in [0, 0.05) is 26.2 Å². The third-order valence-corrected chi connectivity index (χ3v) is 9.89. The number of carbonyl (C=O) groups excluding carboxylic acids is 1. The minimum Gasteiger partial charge on any atom is -0.339 e. The molecule has 4 rings (SSSR count). The number of halogens is 1. The summed E-state index contributed by atoms with van der Waals surface area (Å²) in [7, 11) is -3.55. The fourth-order valence-electron chi connectivity index (χ4n) is 2.83. The lowest BCUT2D eigenvalue weighted by atomic mass is 10.3. The van der Waals surface area contributed by atoms with Gasteiger partial charge in [-0.2, -0.15) is 4.31 Å². The monoisotopic (exact) mass is 474 g/mol. The Labute approximate surface area is 179 Å². The van der Waals surface area contributed by atoms with Gasteiger partial charge in [0.25, 0.3) is 10.0 Å². The first-order valence-corrected chi connectivity index (χ1v) is 12.8. The van der Waals surface area contributed by atoms with Crippen LogP contribution in [0.4, 0.5) is 0 Å². The van der Waals surface area contributed by atoms with Crippen LogP contribution >= 0.6 is 46.0 Å². The van der Waals surface area contributed by atoms with E-state index in [4.69, 9.17) is 11.6 Å². The standard InChI is InChI=1S/C16H15ClN4O3S4/c17-12-1-2-14(27-12)28(23,24)21-6-4-20(5-7-21)13(22)9-26-16-15-11(3-8-25-15)18-10-19-16/h1-3,8,10H,4-7,9H2. The van der Waals surface area contributed by atoms with E-state index >= 15 is 0 Å². The minimum atomic E-state index is -3.55. The van der Waals surface area contributed by atoms with Gasteiger partial charge in [-0.15, -0.1) is 22.7 Å². The number of hydrogen-bond acceptors (Lipinski definition) is 8. The van der Waals surface area contributed by atoms with Gasteiger partial charge in [-0.25, -0.2) is 18.4 Å². The quantitative estimate of drug-likeness (QED) is 0.417. The first kappa shape index (κ1) is 20.0. The lowest BCUT2D eigenvalue weighted by Crippen LogP contribution is -2.50. The first-order valence-electron chi connectivity index (χ1n) is 8.29. The number of hydrogen-bond donors (Lipinski definition) is 0. The summed E-state index contributed by atoms with van der Waals surface area (Å²) in [6, 6.07) is 5.02. The van der Waals surface area contributed by atoms with Gasteiger partial charge in [0.1, 0.15) is 15.6 Å². The Morgan fingerprint density at radius 1 is 1.18 bits per heavy atom. The van der Waals surface area contributed by atoms with Crippen molar-refractivity contribution in [3.8, 4) is 0 Å². The number of piperazine rings is 1. The van der Waals surface area contributed by atoms with E-state index in [0.29, 0.717) is 17.4 Å². The molecular formula is C16H15ClN4O3S4. The highest BCUT2D eigenvalue weighted by atomic mass is 35.5. The first-order chi connectivity index (χ1) is 13.4. The molecule has 4 heterocycles. The lowest BCUT2D eigenvalue weighted by Gasteiger charge is -2.33. The Bertz CT molecular complexity index is 1110. The van der Waals surface area contributed by atoms with Crippen molar-refractivity contribution in [2.75, 3.05) is 31.9 Å². The van der Waals surface area contributed by atoms with Crippen molar-refractivity contribution >= 4 is 72.2 Å². The van der Waals surface area contributed by atoms with Crippen LogP contribution in [-0.2, 0) is 14.8 Å². The third-order valence-electron chi connectivity index (χ3n) is 4.28. The summed E-state index contributed by atoms with van der Waals surface area (Å²) in [5.74, 6) is 0.238. The number of thiophene rings is 2. The smallest absolute Gasteiger partial charge is 0.252 e. The maximum Gasteiger partial charge on any atom is 0.252 e. The highest BCUT2D eigenvalue weighted by Gasteiger charge is 2.31. The van der Waals surface area contributed by atoms with Crippen LogP contribution < -0.4 is 0 Å². The molecule has 1 aliphatic heterocycles. The van der Waals surface area contributed by atoms with Gasteiger partial charge in [-0.3, -0.25) is 4.79 Å². The van der Waals surface area contributed by atoms with Crippen LogP contribution in [-0.4, -0.2) is 65.4 Å². The van der Waals surface area contributed by atoms with Gasteiger partial charge >= 0.3 is 0 Å². The average Bonchev–Trinajstić information content (AvgIpc) is 3.35. The second kappa shape index (κ2) is 8.25. The van der Waals surface area contributed by atoms with Gasteiger partial charge in [0.05, 0.1) is 20.3 Å². The van der Waals surface area contributed by atoms with E-state index < -0.39 is 10.0 Å². The Hall–Kier alpha value is -1.24. The summed E-state index contributed by atoms with van der Waals surface area (Å²) in [6.45, 7) is 1.29. The Morgan fingerprint density at radius 3 is 2.68 bits per heavy atom. The van der Waals surface area contributed by atoms with Crippen molar-refractivity contribution in [2.45, 2.75) is 9.24 Å². The second-order valence-corrected chi connectivity index (χ2v) is 11.7. The zero-order valence-corrected chi connectivity index (χ0v) is 18.5. The molecule has 0 unspecified atom stereocenters. The van der Waals surface area contributed by atoms with Crippen molar-refractivity contribution in [1.82, 2.24) is 19.2 Å². The van der Waals surface area contributed by atoms with Crippen LogP contribution in [0, 0.1) is 0 Å². The number of carbonyl (C=O) groups is 1. The normalized spacial score (nSPS) is 16.0. The molecule has 3 aromatic heterocycles. The molecule has 0 N–H and O–H groups in total. The number of amides is 1. The number of sulfonamides is 1. The van der Waals surface area contributed by atoms with Gasteiger partial charge < -0.3 is 4.90 Å². The van der Waals surface area contributed by atoms with Gasteiger partial charge in [-0.1, -0.05) is 23.4 Å². The van der Waals surface area contributed by atoms with Crippen molar-refractivity contribution in [3.63, 3.8) is 0 Å². The molecule has 148 valence electrons. The third kappa shape index (κ3) is 4.05. The average molecular weight is 475 g/mol. The van der Waals surface area contributed by atoms with Crippen LogP contribution in [0.2, 0.25) is 4.34 Å². The maximum absolute atomic E-state index is 12.6. The summed E-state index contributed by atoms with van der Waals surface area (Å²) in [5.41, 5.74) is 0.877. The molecule has 12 heteroatoms. The van der Waals surface area contributed by atoms with Crippen molar-refractivity contribution in [1.29, 1.82) is 0 Å². The van der Waals surface area contributed by atoms with E-state index in [9.17, 15) is 13.2 Å². The molecule has 1 aliphatic rings. The molecule has 1 amide bonds. The Morgan fingerprint density at radius 2 is 1.96 bits per heavy atom. The fourth-order valence-corrected chi connectivity index (χ4v) is 7.74. The molecule has 0 saturated carbocycles. The Kier molecular flexibility index (Phi) is 5.91. The highest BCUT2D eigenvalue weighted by molar-refractivity contribution is 8.00. The molecule has 1 fully saturated rings. The zero-order valence-electron chi connectivity index (χ0n) is 14.4. The van der Waals surface area contributed by atoms with Gasteiger partial charge in [-0.05, 0) is 23.6 Å². The molecule has 0 aliphatic carbocycles. The topological polar surface area (TPSA) is 83.5 Å². The SMILES string of the molecule is O=C(CSc1ncnc2ccsc12)N1CCN(S(=O)(=O)c2ccc(Cl)s2)CC1. The largest absolute Gasteiger partial charge is 0.339 e. The predicted octanol–water partition coefficient (Wildman–Crippen LogP) is 3.03. The number of rotatable bonds is 5. The molecule has 0 atom stereocenters. The second-order valence-electron chi connectivity index (χ2n) is 5.95. The van der Waals surface area contributed by atoms with E-state index in [1.165, 1.54) is 28.5 Å². The van der Waals surface area contributed by atoms with E-state index in [2.05, 4.69) is 9.97 Å². The molecule has 1 saturated heterocycles.